The lowest BCUT2D eigenvalue weighted by atomic mass is 9.99. The maximum Gasteiger partial charge on any atom is 0.227 e. The van der Waals surface area contributed by atoms with E-state index in [4.69, 9.17) is 4.74 Å². The van der Waals surface area contributed by atoms with Crippen LogP contribution < -0.4 is 15.4 Å². The minimum absolute atomic E-state index is 0.590. The number of ether oxygens (including phenoxy) is 1. The van der Waals surface area contributed by atoms with Crippen LogP contribution in [0.15, 0.2) is 30.6 Å². The number of hydrogen-bond donors (Lipinski definition) is 2. The summed E-state index contributed by atoms with van der Waals surface area (Å²) < 4.78 is 5.05. The van der Waals surface area contributed by atoms with E-state index in [-0.39, 0.29) is 0 Å². The van der Waals surface area contributed by atoms with Crippen LogP contribution in [-0.2, 0) is 13.0 Å². The van der Waals surface area contributed by atoms with E-state index in [9.17, 15) is 0 Å². The van der Waals surface area contributed by atoms with Crippen LogP contribution in [0.3, 0.4) is 0 Å². The summed E-state index contributed by atoms with van der Waals surface area (Å²) in [6, 6.07) is 6.27. The number of nitrogens with zero attached hydrogens (tertiary/aromatic N) is 2. The van der Waals surface area contributed by atoms with Crippen molar-refractivity contribution in [3.63, 3.8) is 0 Å². The summed E-state index contributed by atoms with van der Waals surface area (Å²) >= 11 is 0. The second-order valence-corrected chi connectivity index (χ2v) is 4.44. The van der Waals surface area contributed by atoms with Gasteiger partial charge in [-0.1, -0.05) is 12.1 Å². The number of nitrogens with one attached hydrogen (secondary N) is 2. The van der Waals surface area contributed by atoms with E-state index in [1.807, 2.05) is 0 Å². The Hall–Kier alpha value is -2.14. The summed E-state index contributed by atoms with van der Waals surface area (Å²) in [6.07, 6.45) is 4.34. The quantitative estimate of drug-likeness (QED) is 0.878. The van der Waals surface area contributed by atoms with E-state index < -0.39 is 0 Å². The van der Waals surface area contributed by atoms with Gasteiger partial charge in [0.15, 0.2) is 5.75 Å². The fraction of sp³-hybridized carbons (Fsp3) is 0.286. The smallest absolute Gasteiger partial charge is 0.227 e. The zero-order chi connectivity index (χ0) is 13.1. The molecule has 2 heterocycles. The van der Waals surface area contributed by atoms with Gasteiger partial charge in [-0.25, -0.2) is 9.97 Å². The van der Waals surface area contributed by atoms with Crippen molar-refractivity contribution in [1.29, 1.82) is 0 Å². The SMILES string of the molecule is COc1cnc(Nc2cccc3c2CCNC3)nc1. The lowest BCUT2D eigenvalue weighted by Crippen LogP contribution is -2.24. The molecule has 0 aliphatic carbocycles. The van der Waals surface area contributed by atoms with Gasteiger partial charge in [0.1, 0.15) is 0 Å². The minimum atomic E-state index is 0.590. The van der Waals surface area contributed by atoms with Crippen molar-refractivity contribution in [3.8, 4) is 5.75 Å². The van der Waals surface area contributed by atoms with Crippen molar-refractivity contribution in [2.45, 2.75) is 13.0 Å². The molecule has 5 heteroatoms. The van der Waals surface area contributed by atoms with Crippen LogP contribution in [0.2, 0.25) is 0 Å². The zero-order valence-electron chi connectivity index (χ0n) is 10.8. The van der Waals surface area contributed by atoms with Gasteiger partial charge in [0.25, 0.3) is 0 Å². The Morgan fingerprint density at radius 1 is 1.26 bits per heavy atom. The topological polar surface area (TPSA) is 59.1 Å². The third kappa shape index (κ3) is 2.51. The van der Waals surface area contributed by atoms with E-state index in [0.29, 0.717) is 11.7 Å². The molecule has 2 aromatic rings. The molecule has 0 bridgehead atoms. The summed E-state index contributed by atoms with van der Waals surface area (Å²) in [4.78, 5) is 8.46. The highest BCUT2D eigenvalue weighted by atomic mass is 16.5. The second-order valence-electron chi connectivity index (χ2n) is 4.44. The molecule has 3 rings (SSSR count). The van der Waals surface area contributed by atoms with Crippen LogP contribution in [0.1, 0.15) is 11.1 Å². The predicted octanol–water partition coefficient (Wildman–Crippen LogP) is 1.87. The molecule has 1 aromatic heterocycles. The number of rotatable bonds is 3. The largest absolute Gasteiger partial charge is 0.494 e. The minimum Gasteiger partial charge on any atom is -0.494 e. The van der Waals surface area contributed by atoms with E-state index in [0.717, 1.165) is 25.2 Å². The van der Waals surface area contributed by atoms with Gasteiger partial charge in [-0.05, 0) is 30.2 Å². The lowest BCUT2D eigenvalue weighted by molar-refractivity contribution is 0.411. The zero-order valence-corrected chi connectivity index (χ0v) is 10.8. The van der Waals surface area contributed by atoms with E-state index in [2.05, 4.69) is 38.8 Å². The number of anilines is 2. The molecule has 1 aliphatic heterocycles. The van der Waals surface area contributed by atoms with Crippen molar-refractivity contribution < 1.29 is 4.74 Å². The van der Waals surface area contributed by atoms with Gasteiger partial charge in [0, 0.05) is 12.2 Å². The first-order valence-electron chi connectivity index (χ1n) is 6.31. The number of methoxy groups -OCH3 is 1. The maximum atomic E-state index is 5.05. The average Bonchev–Trinajstić information content (AvgIpc) is 2.48. The van der Waals surface area contributed by atoms with Gasteiger partial charge in [0.05, 0.1) is 19.5 Å². The molecule has 0 unspecified atom stereocenters. The summed E-state index contributed by atoms with van der Waals surface area (Å²) in [5.41, 5.74) is 3.77. The molecule has 98 valence electrons. The standard InChI is InChI=1S/C14H16N4O/c1-19-11-8-16-14(17-9-11)18-13-4-2-3-10-7-15-6-5-12(10)13/h2-4,8-9,15H,5-7H2,1H3,(H,16,17,18). The Bertz CT molecular complexity index is 568. The predicted molar refractivity (Wildman–Crippen MR) is 73.7 cm³/mol. The average molecular weight is 256 g/mol. The van der Waals surface area contributed by atoms with Crippen LogP contribution in [0.25, 0.3) is 0 Å². The summed E-state index contributed by atoms with van der Waals surface area (Å²) in [5, 5.41) is 6.65. The Labute approximate surface area is 112 Å². The molecule has 0 spiro atoms. The molecule has 0 saturated carbocycles. The van der Waals surface area contributed by atoms with Gasteiger partial charge < -0.3 is 15.4 Å². The molecule has 0 fully saturated rings. The molecule has 2 N–H and O–H groups in total. The first-order chi connectivity index (χ1) is 9.36. The Morgan fingerprint density at radius 2 is 2.11 bits per heavy atom. The van der Waals surface area contributed by atoms with Gasteiger partial charge in [0.2, 0.25) is 5.95 Å². The molecule has 0 radical (unpaired) electrons. The maximum absolute atomic E-state index is 5.05. The van der Waals surface area contributed by atoms with Crippen molar-refractivity contribution in [2.24, 2.45) is 0 Å². The number of aromatic nitrogens is 2. The Kier molecular flexibility index (Phi) is 3.29. The first-order valence-corrected chi connectivity index (χ1v) is 6.31. The van der Waals surface area contributed by atoms with E-state index >= 15 is 0 Å². The third-order valence-electron chi connectivity index (χ3n) is 3.25. The van der Waals surface area contributed by atoms with Crippen LogP contribution in [0.5, 0.6) is 5.75 Å². The highest BCUT2D eigenvalue weighted by Crippen LogP contribution is 2.25. The number of benzene rings is 1. The molecule has 0 saturated heterocycles. The molecule has 1 aromatic carbocycles. The molecule has 5 nitrogen and oxygen atoms in total. The Balaban J connectivity index is 1.86. The van der Waals surface area contributed by atoms with E-state index in [1.165, 1.54) is 11.1 Å². The van der Waals surface area contributed by atoms with Gasteiger partial charge in [-0.3, -0.25) is 0 Å². The van der Waals surface area contributed by atoms with Gasteiger partial charge >= 0.3 is 0 Å². The second kappa shape index (κ2) is 5.24. The molecular formula is C14H16N4O. The lowest BCUT2D eigenvalue weighted by Gasteiger charge is -2.20. The highest BCUT2D eigenvalue weighted by Gasteiger charge is 2.12. The fourth-order valence-corrected chi connectivity index (χ4v) is 2.26. The van der Waals surface area contributed by atoms with Crippen molar-refractivity contribution in [2.75, 3.05) is 19.0 Å². The van der Waals surface area contributed by atoms with Crippen LogP contribution in [0, 0.1) is 0 Å². The number of hydrogen-bond acceptors (Lipinski definition) is 5. The van der Waals surface area contributed by atoms with Crippen LogP contribution >= 0.6 is 0 Å². The monoisotopic (exact) mass is 256 g/mol. The van der Waals surface area contributed by atoms with Crippen molar-refractivity contribution in [1.82, 2.24) is 15.3 Å². The molecule has 0 atom stereocenters. The van der Waals surface area contributed by atoms with Crippen molar-refractivity contribution >= 4 is 11.6 Å². The first kappa shape index (κ1) is 11.9. The Morgan fingerprint density at radius 3 is 2.89 bits per heavy atom. The number of fused-ring (bicyclic) bond motifs is 1. The highest BCUT2D eigenvalue weighted by molar-refractivity contribution is 5.61. The molecule has 19 heavy (non-hydrogen) atoms. The molecular weight excluding hydrogens is 240 g/mol. The van der Waals surface area contributed by atoms with Crippen molar-refractivity contribution in [3.05, 3.63) is 41.7 Å². The molecule has 1 aliphatic rings. The van der Waals surface area contributed by atoms with Gasteiger partial charge in [-0.2, -0.15) is 0 Å². The van der Waals surface area contributed by atoms with Gasteiger partial charge in [-0.15, -0.1) is 0 Å². The normalized spacial score (nSPS) is 13.7. The summed E-state index contributed by atoms with van der Waals surface area (Å²) in [6.45, 7) is 1.93. The fourth-order valence-electron chi connectivity index (χ4n) is 2.26. The van der Waals surface area contributed by atoms with Crippen LogP contribution in [-0.4, -0.2) is 23.6 Å². The van der Waals surface area contributed by atoms with Crippen LogP contribution in [0.4, 0.5) is 11.6 Å². The summed E-state index contributed by atoms with van der Waals surface area (Å²) in [7, 11) is 1.60. The summed E-state index contributed by atoms with van der Waals surface area (Å²) in [5.74, 6) is 1.25. The third-order valence-corrected chi connectivity index (χ3v) is 3.25. The van der Waals surface area contributed by atoms with E-state index in [1.54, 1.807) is 19.5 Å². The molecule has 0 amide bonds.